The predicted octanol–water partition coefficient (Wildman–Crippen LogP) is 0.431. The average molecular weight is 404 g/mol. The molecule has 0 atom stereocenters. The summed E-state index contributed by atoms with van der Waals surface area (Å²) >= 11 is 0. The number of aromatic nitrogens is 2. The normalized spacial score (nSPS) is 10.7. The van der Waals surface area contributed by atoms with Crippen LogP contribution < -0.4 is 20.6 Å². The van der Waals surface area contributed by atoms with Crippen LogP contribution >= 0.6 is 0 Å². The van der Waals surface area contributed by atoms with E-state index >= 15 is 0 Å². The molecule has 0 saturated carbocycles. The van der Waals surface area contributed by atoms with Crippen LogP contribution in [0.25, 0.3) is 0 Å². The van der Waals surface area contributed by atoms with Gasteiger partial charge < -0.3 is 15.2 Å². The Hall–Kier alpha value is -3.96. The molecule has 0 fully saturated rings. The summed E-state index contributed by atoms with van der Waals surface area (Å²) in [6.07, 6.45) is 1.38. The summed E-state index contributed by atoms with van der Waals surface area (Å²) in [5.74, 6) is -0.432. The van der Waals surface area contributed by atoms with Crippen molar-refractivity contribution in [3.63, 3.8) is 0 Å². The number of carbonyl (C=O) groups excluding carboxylic acids is 2. The minimum absolute atomic E-state index is 0.118. The van der Waals surface area contributed by atoms with Gasteiger partial charge in [0.2, 0.25) is 0 Å². The fourth-order valence-electron chi connectivity index (χ4n) is 2.49. The summed E-state index contributed by atoms with van der Waals surface area (Å²) in [7, 11) is 1.43. The highest BCUT2D eigenvalue weighted by Gasteiger charge is 2.22. The second-order valence-electron chi connectivity index (χ2n) is 5.89. The number of methoxy groups -OCH3 is 1. The zero-order valence-corrected chi connectivity index (χ0v) is 16.0. The second-order valence-corrected chi connectivity index (χ2v) is 5.89. The molecule has 0 saturated heterocycles. The molecule has 1 heterocycles. The number of amides is 2. The molecule has 12 heteroatoms. The summed E-state index contributed by atoms with van der Waals surface area (Å²) in [4.78, 5) is 33.3. The largest absolute Gasteiger partial charge is 0.493 e. The number of benzene rings is 1. The van der Waals surface area contributed by atoms with E-state index in [0.717, 1.165) is 0 Å². The predicted molar refractivity (Wildman–Crippen MR) is 102 cm³/mol. The monoisotopic (exact) mass is 404 g/mol. The fraction of sp³-hybridized carbons (Fsp3) is 0.294. The SMILES string of the molecule is COc1cc(C=NNC(=O)Cn2nc(C)c([N+](=O)[O-])c2C)ccc1OCC(N)=O. The molecule has 0 aliphatic carbocycles. The van der Waals surface area contributed by atoms with E-state index in [1.165, 1.54) is 31.9 Å². The lowest BCUT2D eigenvalue weighted by Gasteiger charge is -2.09. The van der Waals surface area contributed by atoms with Crippen molar-refractivity contribution in [2.45, 2.75) is 20.4 Å². The fourth-order valence-corrected chi connectivity index (χ4v) is 2.49. The Morgan fingerprint density at radius 1 is 1.38 bits per heavy atom. The maximum absolute atomic E-state index is 12.0. The molecule has 0 radical (unpaired) electrons. The van der Waals surface area contributed by atoms with Gasteiger partial charge in [-0.2, -0.15) is 10.2 Å². The van der Waals surface area contributed by atoms with Crippen molar-refractivity contribution in [1.82, 2.24) is 15.2 Å². The molecule has 12 nitrogen and oxygen atoms in total. The number of ether oxygens (including phenoxy) is 2. The van der Waals surface area contributed by atoms with Crippen molar-refractivity contribution in [1.29, 1.82) is 0 Å². The van der Waals surface area contributed by atoms with Gasteiger partial charge in [-0.05, 0) is 37.6 Å². The molecule has 0 unspecified atom stereocenters. The van der Waals surface area contributed by atoms with Crippen molar-refractivity contribution in [2.75, 3.05) is 13.7 Å². The van der Waals surface area contributed by atoms with Crippen LogP contribution in [-0.2, 0) is 16.1 Å². The molecule has 3 N–H and O–H groups in total. The van der Waals surface area contributed by atoms with Crippen LogP contribution in [0.4, 0.5) is 5.69 Å². The van der Waals surface area contributed by atoms with Crippen molar-refractivity contribution < 1.29 is 24.0 Å². The Kier molecular flexibility index (Phi) is 6.85. The molecule has 0 aliphatic heterocycles. The number of aryl methyl sites for hydroxylation is 1. The zero-order valence-electron chi connectivity index (χ0n) is 16.0. The Balaban J connectivity index is 2.00. The van der Waals surface area contributed by atoms with E-state index in [1.807, 2.05) is 0 Å². The van der Waals surface area contributed by atoms with E-state index in [1.54, 1.807) is 18.2 Å². The molecule has 1 aromatic heterocycles. The Morgan fingerprint density at radius 3 is 2.69 bits per heavy atom. The van der Waals surface area contributed by atoms with Gasteiger partial charge in [0.15, 0.2) is 18.1 Å². The van der Waals surface area contributed by atoms with Crippen LogP contribution in [0.5, 0.6) is 11.5 Å². The van der Waals surface area contributed by atoms with Crippen molar-refractivity contribution in [3.05, 3.63) is 45.3 Å². The lowest BCUT2D eigenvalue weighted by molar-refractivity contribution is -0.386. The number of carbonyl (C=O) groups is 2. The molecule has 0 bridgehead atoms. The lowest BCUT2D eigenvalue weighted by Crippen LogP contribution is -2.24. The van der Waals surface area contributed by atoms with E-state index in [9.17, 15) is 19.7 Å². The molecular formula is C17H20N6O6. The molecule has 0 spiro atoms. The topological polar surface area (TPSA) is 164 Å². The third-order valence-electron chi connectivity index (χ3n) is 3.78. The zero-order chi connectivity index (χ0) is 21.6. The number of nitrogens with zero attached hydrogens (tertiary/aromatic N) is 4. The molecule has 2 aromatic rings. The number of rotatable bonds is 9. The summed E-state index contributed by atoms with van der Waals surface area (Å²) in [6, 6.07) is 4.80. The van der Waals surface area contributed by atoms with E-state index in [2.05, 4.69) is 15.6 Å². The van der Waals surface area contributed by atoms with Crippen LogP contribution in [-0.4, -0.2) is 46.4 Å². The second kappa shape index (κ2) is 9.30. The van der Waals surface area contributed by atoms with Gasteiger partial charge in [0, 0.05) is 0 Å². The van der Waals surface area contributed by atoms with Gasteiger partial charge in [0.25, 0.3) is 11.8 Å². The molecule has 154 valence electrons. The van der Waals surface area contributed by atoms with E-state index in [4.69, 9.17) is 15.2 Å². The van der Waals surface area contributed by atoms with E-state index in [-0.39, 0.29) is 30.2 Å². The average Bonchev–Trinajstić information content (AvgIpc) is 2.93. The summed E-state index contributed by atoms with van der Waals surface area (Å²) in [5.41, 5.74) is 8.35. The van der Waals surface area contributed by atoms with E-state index in [0.29, 0.717) is 17.1 Å². The first kappa shape index (κ1) is 21.3. The number of nitrogens with one attached hydrogen (secondary N) is 1. The number of hydrogen-bond acceptors (Lipinski definition) is 8. The highest BCUT2D eigenvalue weighted by atomic mass is 16.6. The van der Waals surface area contributed by atoms with Crippen LogP contribution in [0, 0.1) is 24.0 Å². The maximum atomic E-state index is 12.0. The van der Waals surface area contributed by atoms with Gasteiger partial charge in [-0.25, -0.2) is 5.43 Å². The molecular weight excluding hydrogens is 384 g/mol. The molecule has 1 aromatic carbocycles. The summed E-state index contributed by atoms with van der Waals surface area (Å²) in [5, 5.41) is 18.8. The molecule has 29 heavy (non-hydrogen) atoms. The van der Waals surface area contributed by atoms with Gasteiger partial charge in [0.1, 0.15) is 17.9 Å². The highest BCUT2D eigenvalue weighted by molar-refractivity contribution is 5.83. The Morgan fingerprint density at radius 2 is 2.10 bits per heavy atom. The minimum atomic E-state index is -0.617. The smallest absolute Gasteiger partial charge is 0.312 e. The van der Waals surface area contributed by atoms with Crippen LogP contribution in [0.15, 0.2) is 23.3 Å². The standard InChI is InChI=1S/C17H20N6O6/c1-10-17(23(26)27)11(2)22(21-10)8-16(25)20-19-7-12-4-5-13(14(6-12)28-3)29-9-15(18)24/h4-7H,8-9H2,1-3H3,(H2,18,24)(H,20,25). The number of hydrazone groups is 1. The van der Waals surface area contributed by atoms with Crippen LogP contribution in [0.1, 0.15) is 17.0 Å². The lowest BCUT2D eigenvalue weighted by atomic mass is 10.2. The number of primary amides is 1. The first-order valence-corrected chi connectivity index (χ1v) is 8.32. The van der Waals surface area contributed by atoms with Crippen molar-refractivity contribution in [2.24, 2.45) is 10.8 Å². The first-order chi connectivity index (χ1) is 13.7. The van der Waals surface area contributed by atoms with Gasteiger partial charge >= 0.3 is 5.69 Å². The summed E-state index contributed by atoms with van der Waals surface area (Å²) in [6.45, 7) is 2.51. The molecule has 2 rings (SSSR count). The first-order valence-electron chi connectivity index (χ1n) is 8.32. The summed E-state index contributed by atoms with van der Waals surface area (Å²) < 4.78 is 11.6. The number of nitrogens with two attached hydrogens (primary N) is 1. The number of hydrogen-bond donors (Lipinski definition) is 2. The third kappa shape index (κ3) is 5.51. The van der Waals surface area contributed by atoms with Gasteiger partial charge in [-0.15, -0.1) is 0 Å². The molecule has 2 amide bonds. The van der Waals surface area contributed by atoms with Crippen LogP contribution in [0.3, 0.4) is 0 Å². The number of nitro groups is 1. The van der Waals surface area contributed by atoms with Gasteiger partial charge in [-0.3, -0.25) is 24.4 Å². The highest BCUT2D eigenvalue weighted by Crippen LogP contribution is 2.27. The third-order valence-corrected chi connectivity index (χ3v) is 3.78. The van der Waals surface area contributed by atoms with Crippen molar-refractivity contribution >= 4 is 23.7 Å². The molecule has 0 aliphatic rings. The van der Waals surface area contributed by atoms with Gasteiger partial charge in [0.05, 0.1) is 18.2 Å². The Bertz CT molecular complexity index is 968. The minimum Gasteiger partial charge on any atom is -0.493 e. The van der Waals surface area contributed by atoms with Crippen molar-refractivity contribution in [3.8, 4) is 11.5 Å². The van der Waals surface area contributed by atoms with Gasteiger partial charge in [-0.1, -0.05) is 0 Å². The quantitative estimate of drug-likeness (QED) is 0.347. The van der Waals surface area contributed by atoms with E-state index < -0.39 is 16.7 Å². The van der Waals surface area contributed by atoms with Crippen LogP contribution in [0.2, 0.25) is 0 Å². The Labute approximate surface area is 165 Å². The maximum Gasteiger partial charge on any atom is 0.312 e.